The largest absolute Gasteiger partial charge is 0.388 e. The second-order valence-electron chi connectivity index (χ2n) is 4.43. The van der Waals surface area contributed by atoms with E-state index in [-0.39, 0.29) is 5.41 Å². The van der Waals surface area contributed by atoms with E-state index in [9.17, 15) is 5.11 Å². The van der Waals surface area contributed by atoms with Crippen LogP contribution in [0.4, 0.5) is 0 Å². The van der Waals surface area contributed by atoms with E-state index in [0.717, 1.165) is 17.0 Å². The summed E-state index contributed by atoms with van der Waals surface area (Å²) in [4.78, 5) is 0. The second kappa shape index (κ2) is 4.82. The Bertz CT molecular complexity index is 344. The van der Waals surface area contributed by atoms with E-state index < -0.39 is 6.10 Å². The third kappa shape index (κ3) is 3.37. The van der Waals surface area contributed by atoms with Gasteiger partial charge in [0.2, 0.25) is 0 Å². The number of rotatable bonds is 4. The molecule has 0 aliphatic rings. The first-order chi connectivity index (χ1) is 6.95. The number of benzene rings is 1. The topological polar surface area (TPSA) is 20.2 Å². The van der Waals surface area contributed by atoms with Gasteiger partial charge in [-0.3, -0.25) is 0 Å². The van der Waals surface area contributed by atoms with Gasteiger partial charge < -0.3 is 5.11 Å². The molecule has 1 unspecified atom stereocenters. The van der Waals surface area contributed by atoms with Crippen LogP contribution in [0.3, 0.4) is 0 Å². The molecule has 1 N–H and O–H groups in total. The van der Waals surface area contributed by atoms with E-state index >= 15 is 0 Å². The third-order valence-corrected chi connectivity index (χ3v) is 2.77. The van der Waals surface area contributed by atoms with Crippen molar-refractivity contribution < 1.29 is 5.11 Å². The van der Waals surface area contributed by atoms with Crippen LogP contribution in [-0.4, -0.2) is 11.2 Å². The van der Waals surface area contributed by atoms with Gasteiger partial charge in [0.25, 0.3) is 0 Å². The van der Waals surface area contributed by atoms with Gasteiger partial charge >= 0.3 is 0 Å². The van der Waals surface area contributed by atoms with E-state index in [1.165, 1.54) is 6.08 Å². The molecule has 1 aromatic carbocycles. The van der Waals surface area contributed by atoms with Crippen molar-refractivity contribution in [2.45, 2.75) is 26.4 Å². The Hall–Kier alpha value is -0.790. The molecule has 0 aliphatic heterocycles. The van der Waals surface area contributed by atoms with Crippen LogP contribution in [-0.2, 0) is 6.42 Å². The normalized spacial score (nSPS) is 13.6. The summed E-state index contributed by atoms with van der Waals surface area (Å²) in [5, 5.41) is 10.4. The third-order valence-electron chi connectivity index (χ3n) is 2.53. The lowest BCUT2D eigenvalue weighted by atomic mass is 9.80. The van der Waals surface area contributed by atoms with Gasteiger partial charge in [0, 0.05) is 5.02 Å². The summed E-state index contributed by atoms with van der Waals surface area (Å²) >= 11 is 5.89. The molecule has 1 atom stereocenters. The zero-order valence-corrected chi connectivity index (χ0v) is 9.83. The van der Waals surface area contributed by atoms with Crippen molar-refractivity contribution in [1.82, 2.24) is 0 Å². The van der Waals surface area contributed by atoms with Crippen molar-refractivity contribution >= 4 is 11.6 Å². The van der Waals surface area contributed by atoms with Gasteiger partial charge in [-0.2, -0.15) is 0 Å². The van der Waals surface area contributed by atoms with E-state index in [4.69, 9.17) is 18.2 Å². The van der Waals surface area contributed by atoms with Crippen LogP contribution in [0.5, 0.6) is 0 Å². The molecule has 0 heterocycles. The molecule has 0 saturated carbocycles. The maximum Gasteiger partial charge on any atom is 0.0778 e. The van der Waals surface area contributed by atoms with Crippen molar-refractivity contribution in [2.24, 2.45) is 5.41 Å². The van der Waals surface area contributed by atoms with Crippen LogP contribution in [0.15, 0.2) is 30.3 Å². The van der Waals surface area contributed by atoms with E-state index in [2.05, 4.69) is 0 Å². The first-order valence-corrected chi connectivity index (χ1v) is 5.31. The molecule has 2 heteroatoms. The minimum atomic E-state index is -0.614. The lowest BCUT2D eigenvalue weighted by molar-refractivity contribution is 0.0909. The van der Waals surface area contributed by atoms with Crippen LogP contribution < -0.4 is 0 Å². The zero-order valence-electron chi connectivity index (χ0n) is 9.07. The van der Waals surface area contributed by atoms with Crippen molar-refractivity contribution in [2.75, 3.05) is 0 Å². The van der Waals surface area contributed by atoms with Crippen LogP contribution in [0.25, 0.3) is 0 Å². The molecule has 1 nitrogen and oxygen atoms in total. The molecule has 0 amide bonds. The maximum absolute atomic E-state index is 9.70. The van der Waals surface area contributed by atoms with Crippen LogP contribution >= 0.6 is 11.6 Å². The lowest BCUT2D eigenvalue weighted by Gasteiger charge is -2.28. The summed E-state index contributed by atoms with van der Waals surface area (Å²) in [5.74, 6) is 0. The van der Waals surface area contributed by atoms with Crippen molar-refractivity contribution in [3.8, 4) is 0 Å². The first-order valence-electron chi connectivity index (χ1n) is 4.93. The Morgan fingerprint density at radius 1 is 1.53 bits per heavy atom. The smallest absolute Gasteiger partial charge is 0.0778 e. The van der Waals surface area contributed by atoms with Crippen LogP contribution in [0.1, 0.15) is 19.4 Å². The van der Waals surface area contributed by atoms with Crippen molar-refractivity contribution in [1.29, 1.82) is 0 Å². The molecule has 0 aromatic heterocycles. The average molecular weight is 224 g/mol. The van der Waals surface area contributed by atoms with Gasteiger partial charge in [-0.15, -0.1) is 0 Å². The molecule has 1 aromatic rings. The Morgan fingerprint density at radius 2 is 2.20 bits per heavy atom. The number of hydrogen-bond donors (Lipinski definition) is 1. The predicted octanol–water partition coefficient (Wildman–Crippen LogP) is 3.26. The molecule has 0 saturated heterocycles. The lowest BCUT2D eigenvalue weighted by Crippen LogP contribution is -2.29. The Balaban J connectivity index is 2.81. The highest BCUT2D eigenvalue weighted by molar-refractivity contribution is 6.30. The van der Waals surface area contributed by atoms with Crippen molar-refractivity contribution in [3.05, 3.63) is 47.5 Å². The fourth-order valence-corrected chi connectivity index (χ4v) is 1.75. The summed E-state index contributed by atoms with van der Waals surface area (Å²) in [6, 6.07) is 7.65. The predicted molar refractivity (Wildman–Crippen MR) is 63.8 cm³/mol. The zero-order chi connectivity index (χ0) is 11.5. The molecule has 1 radical (unpaired) electrons. The summed E-state index contributed by atoms with van der Waals surface area (Å²) in [6.07, 6.45) is 1.45. The fourth-order valence-electron chi connectivity index (χ4n) is 1.54. The number of halogens is 1. The van der Waals surface area contributed by atoms with Crippen LogP contribution in [0.2, 0.25) is 5.02 Å². The summed E-state index contributed by atoms with van der Waals surface area (Å²) in [6.45, 7) is 9.29. The quantitative estimate of drug-likeness (QED) is 0.831. The minimum Gasteiger partial charge on any atom is -0.388 e. The molecule has 15 heavy (non-hydrogen) atoms. The SMILES string of the molecule is [CH]=CC(O)C(C)(C)Cc1cccc(Cl)c1. The van der Waals surface area contributed by atoms with Gasteiger partial charge in [-0.05, 0) is 29.5 Å². The molecule has 1 rings (SSSR count). The maximum atomic E-state index is 9.70. The van der Waals surface area contributed by atoms with E-state index in [1.54, 1.807) is 0 Å². The number of aliphatic hydroxyl groups is 1. The summed E-state index contributed by atoms with van der Waals surface area (Å²) in [5.41, 5.74) is 0.827. The molecule has 0 fully saturated rings. The van der Waals surface area contributed by atoms with Crippen LogP contribution in [0, 0.1) is 12.0 Å². The average Bonchev–Trinajstić information content (AvgIpc) is 2.15. The molecule has 0 spiro atoms. The second-order valence-corrected chi connectivity index (χ2v) is 4.87. The Kier molecular flexibility index (Phi) is 3.95. The highest BCUT2D eigenvalue weighted by Gasteiger charge is 2.25. The highest BCUT2D eigenvalue weighted by Crippen LogP contribution is 2.27. The van der Waals surface area contributed by atoms with Gasteiger partial charge in [-0.25, -0.2) is 0 Å². The molecule has 0 aliphatic carbocycles. The first kappa shape index (κ1) is 12.3. The fraction of sp³-hybridized carbons (Fsp3) is 0.385. The van der Waals surface area contributed by atoms with Gasteiger partial charge in [0.05, 0.1) is 6.10 Å². The molecular weight excluding hydrogens is 208 g/mol. The number of aliphatic hydroxyl groups excluding tert-OH is 1. The van der Waals surface area contributed by atoms with Gasteiger partial charge in [-0.1, -0.05) is 50.2 Å². The van der Waals surface area contributed by atoms with E-state index in [0.29, 0.717) is 0 Å². The highest BCUT2D eigenvalue weighted by atomic mass is 35.5. The molecule has 81 valence electrons. The Morgan fingerprint density at radius 3 is 2.73 bits per heavy atom. The number of hydrogen-bond acceptors (Lipinski definition) is 1. The van der Waals surface area contributed by atoms with E-state index in [1.807, 2.05) is 38.1 Å². The minimum absolute atomic E-state index is 0.278. The van der Waals surface area contributed by atoms with Crippen molar-refractivity contribution in [3.63, 3.8) is 0 Å². The Labute approximate surface area is 96.4 Å². The monoisotopic (exact) mass is 223 g/mol. The molecular formula is C13H16ClO. The summed E-state index contributed by atoms with van der Waals surface area (Å²) < 4.78 is 0. The molecule has 0 bridgehead atoms. The van der Waals surface area contributed by atoms with Gasteiger partial charge in [0.15, 0.2) is 0 Å². The van der Waals surface area contributed by atoms with Gasteiger partial charge in [0.1, 0.15) is 0 Å². The summed E-state index contributed by atoms with van der Waals surface area (Å²) in [7, 11) is 0. The standard InChI is InChI=1S/C13H16ClO/c1-4-12(15)13(2,3)9-10-6-5-7-11(14)8-10/h1,4-8,12,15H,9H2,2-3H3.